The van der Waals surface area contributed by atoms with Crippen LogP contribution in [-0.4, -0.2) is 52.5 Å². The van der Waals surface area contributed by atoms with E-state index in [2.05, 4.69) is 22.2 Å². The van der Waals surface area contributed by atoms with E-state index in [4.69, 9.17) is 0 Å². The number of halogens is 1. The number of hydrogen-bond acceptors (Lipinski definition) is 5. The van der Waals surface area contributed by atoms with Crippen molar-refractivity contribution in [2.75, 3.05) is 43.4 Å². The molecule has 1 fully saturated rings. The summed E-state index contributed by atoms with van der Waals surface area (Å²) < 4.78 is 39.7. The van der Waals surface area contributed by atoms with E-state index in [1.54, 1.807) is 12.1 Å². The summed E-state index contributed by atoms with van der Waals surface area (Å²) in [5.41, 5.74) is 1.13. The van der Waals surface area contributed by atoms with Gasteiger partial charge in [0.2, 0.25) is 15.7 Å². The van der Waals surface area contributed by atoms with Gasteiger partial charge in [-0.25, -0.2) is 12.8 Å². The molecule has 162 valence electrons. The highest BCUT2D eigenvalue weighted by Gasteiger charge is 2.24. The number of sulfone groups is 1. The Hall–Kier alpha value is -2.45. The Morgan fingerprint density at radius 1 is 1.07 bits per heavy atom. The maximum Gasteiger partial charge on any atom is 0.224 e. The molecule has 0 bridgehead atoms. The lowest BCUT2D eigenvalue weighted by Gasteiger charge is -2.34. The predicted octanol–water partition coefficient (Wildman–Crippen LogP) is 3.54. The van der Waals surface area contributed by atoms with Gasteiger partial charge in [0.05, 0.1) is 15.5 Å². The van der Waals surface area contributed by atoms with Gasteiger partial charge >= 0.3 is 0 Å². The molecule has 30 heavy (non-hydrogen) atoms. The van der Waals surface area contributed by atoms with E-state index in [-0.39, 0.29) is 21.4 Å². The summed E-state index contributed by atoms with van der Waals surface area (Å²) in [7, 11) is -1.85. The number of nitrogens with one attached hydrogen (secondary N) is 1. The summed E-state index contributed by atoms with van der Waals surface area (Å²) in [6.07, 6.45) is 1.92. The molecule has 0 atom stereocenters. The number of carbonyl (C=O) groups is 1. The zero-order valence-electron chi connectivity index (χ0n) is 17.4. The van der Waals surface area contributed by atoms with Gasteiger partial charge in [-0.1, -0.05) is 13.3 Å². The van der Waals surface area contributed by atoms with Crippen LogP contribution in [0.15, 0.2) is 52.3 Å². The molecule has 1 aliphatic rings. The monoisotopic (exact) mass is 433 g/mol. The fourth-order valence-electron chi connectivity index (χ4n) is 3.40. The molecular weight excluding hydrogens is 405 g/mol. The first-order valence-corrected chi connectivity index (χ1v) is 11.7. The van der Waals surface area contributed by atoms with Crippen molar-refractivity contribution < 1.29 is 17.6 Å². The summed E-state index contributed by atoms with van der Waals surface area (Å²) in [6.45, 7) is 5.46. The summed E-state index contributed by atoms with van der Waals surface area (Å²) in [5.74, 6) is -0.726. The Balaban J connectivity index is 1.98. The second-order valence-corrected chi connectivity index (χ2v) is 9.50. The third-order valence-corrected chi connectivity index (χ3v) is 7.10. The molecule has 0 radical (unpaired) electrons. The number of piperazine rings is 1. The van der Waals surface area contributed by atoms with Crippen LogP contribution in [0.25, 0.3) is 0 Å². The molecule has 6 nitrogen and oxygen atoms in total. The molecule has 1 aliphatic heterocycles. The topological polar surface area (TPSA) is 69.7 Å². The zero-order chi connectivity index (χ0) is 21.7. The molecule has 2 aromatic rings. The van der Waals surface area contributed by atoms with Crippen molar-refractivity contribution in [2.24, 2.45) is 0 Å². The molecule has 1 N–H and O–H groups in total. The lowest BCUT2D eigenvalue weighted by atomic mass is 10.2. The van der Waals surface area contributed by atoms with Crippen LogP contribution in [0.4, 0.5) is 15.8 Å². The van der Waals surface area contributed by atoms with Crippen LogP contribution in [0.1, 0.15) is 26.2 Å². The van der Waals surface area contributed by atoms with Crippen LogP contribution in [-0.2, 0) is 14.6 Å². The summed E-state index contributed by atoms with van der Waals surface area (Å²) in [6, 6.07) is 9.73. The van der Waals surface area contributed by atoms with Crippen LogP contribution in [0.3, 0.4) is 0 Å². The molecular formula is C22H28FN3O3S. The van der Waals surface area contributed by atoms with Crippen molar-refractivity contribution in [2.45, 2.75) is 36.0 Å². The summed E-state index contributed by atoms with van der Waals surface area (Å²) in [4.78, 5) is 16.8. The fraction of sp³-hybridized carbons (Fsp3) is 0.409. The zero-order valence-corrected chi connectivity index (χ0v) is 18.2. The molecule has 0 spiro atoms. The molecule has 1 amide bonds. The van der Waals surface area contributed by atoms with Crippen LogP contribution in [0.5, 0.6) is 0 Å². The van der Waals surface area contributed by atoms with Crippen LogP contribution in [0, 0.1) is 5.82 Å². The lowest BCUT2D eigenvalue weighted by molar-refractivity contribution is -0.116. The quantitative estimate of drug-likeness (QED) is 0.677. The van der Waals surface area contributed by atoms with Crippen molar-refractivity contribution >= 4 is 27.1 Å². The number of carbonyl (C=O) groups excluding carboxylic acids is 1. The third-order valence-electron chi connectivity index (χ3n) is 5.28. The van der Waals surface area contributed by atoms with E-state index in [1.165, 1.54) is 18.2 Å². The van der Waals surface area contributed by atoms with Gasteiger partial charge in [0.1, 0.15) is 5.82 Å². The summed E-state index contributed by atoms with van der Waals surface area (Å²) in [5, 5.41) is 2.79. The lowest BCUT2D eigenvalue weighted by Crippen LogP contribution is -2.44. The number of anilines is 2. The van der Waals surface area contributed by atoms with E-state index in [0.717, 1.165) is 56.8 Å². The minimum absolute atomic E-state index is 0.0110. The number of nitrogens with zero attached hydrogens (tertiary/aromatic N) is 2. The highest BCUT2D eigenvalue weighted by atomic mass is 32.2. The third kappa shape index (κ3) is 5.17. The molecule has 0 unspecified atom stereocenters. The Kier molecular flexibility index (Phi) is 7.10. The number of rotatable bonds is 7. The van der Waals surface area contributed by atoms with Crippen LogP contribution < -0.4 is 10.2 Å². The van der Waals surface area contributed by atoms with Gasteiger partial charge in [-0.2, -0.15) is 0 Å². The maximum atomic E-state index is 13.3. The second kappa shape index (κ2) is 9.57. The van der Waals surface area contributed by atoms with Crippen molar-refractivity contribution in [3.8, 4) is 0 Å². The van der Waals surface area contributed by atoms with Gasteiger partial charge in [-0.15, -0.1) is 0 Å². The van der Waals surface area contributed by atoms with Gasteiger partial charge in [0.25, 0.3) is 0 Å². The van der Waals surface area contributed by atoms with Crippen molar-refractivity contribution in [3.05, 3.63) is 48.3 Å². The van der Waals surface area contributed by atoms with Crippen LogP contribution in [0.2, 0.25) is 0 Å². The Labute approximate surface area is 177 Å². The first-order valence-electron chi connectivity index (χ1n) is 10.2. The Morgan fingerprint density at radius 2 is 1.73 bits per heavy atom. The number of benzene rings is 2. The van der Waals surface area contributed by atoms with Crippen molar-refractivity contribution in [3.63, 3.8) is 0 Å². The van der Waals surface area contributed by atoms with Gasteiger partial charge < -0.3 is 15.1 Å². The predicted molar refractivity (Wildman–Crippen MR) is 116 cm³/mol. The minimum atomic E-state index is -3.92. The molecule has 0 aliphatic carbocycles. The number of likely N-dealkylation sites (N-methyl/N-ethyl adjacent to an activating group) is 1. The largest absolute Gasteiger partial charge is 0.369 e. The minimum Gasteiger partial charge on any atom is -0.369 e. The molecule has 1 saturated heterocycles. The van der Waals surface area contributed by atoms with Gasteiger partial charge in [-0.05, 0) is 55.9 Å². The molecule has 1 heterocycles. The average molecular weight is 434 g/mol. The fourth-order valence-corrected chi connectivity index (χ4v) is 4.80. The van der Waals surface area contributed by atoms with E-state index in [9.17, 15) is 17.6 Å². The average Bonchev–Trinajstić information content (AvgIpc) is 2.73. The molecule has 0 aromatic heterocycles. The second-order valence-electron chi connectivity index (χ2n) is 7.58. The Bertz CT molecular complexity index is 985. The van der Waals surface area contributed by atoms with Gasteiger partial charge in [0.15, 0.2) is 0 Å². The first kappa shape index (κ1) is 22.2. The SMILES string of the molecule is CCCCC(=O)Nc1cc(N2CCN(C)CC2)ccc1S(=O)(=O)c1ccc(F)cc1. The van der Waals surface area contributed by atoms with Crippen LogP contribution >= 0.6 is 0 Å². The highest BCUT2D eigenvalue weighted by molar-refractivity contribution is 7.91. The summed E-state index contributed by atoms with van der Waals surface area (Å²) >= 11 is 0. The molecule has 8 heteroatoms. The van der Waals surface area contributed by atoms with Gasteiger partial charge in [0, 0.05) is 38.3 Å². The van der Waals surface area contributed by atoms with E-state index >= 15 is 0 Å². The number of amides is 1. The smallest absolute Gasteiger partial charge is 0.224 e. The molecule has 3 rings (SSSR count). The molecule has 0 saturated carbocycles. The van der Waals surface area contributed by atoms with Crippen molar-refractivity contribution in [1.29, 1.82) is 0 Å². The highest BCUT2D eigenvalue weighted by Crippen LogP contribution is 2.32. The first-order chi connectivity index (χ1) is 14.3. The van der Waals surface area contributed by atoms with E-state index < -0.39 is 15.7 Å². The maximum absolute atomic E-state index is 13.3. The number of hydrogen-bond donors (Lipinski definition) is 1. The Morgan fingerprint density at radius 3 is 2.37 bits per heavy atom. The van der Waals surface area contributed by atoms with E-state index in [0.29, 0.717) is 6.42 Å². The number of unbranched alkanes of at least 4 members (excludes halogenated alkanes) is 1. The molecule has 2 aromatic carbocycles. The van der Waals surface area contributed by atoms with Gasteiger partial charge in [-0.3, -0.25) is 4.79 Å². The van der Waals surface area contributed by atoms with E-state index in [1.807, 2.05) is 6.92 Å². The van der Waals surface area contributed by atoms with Crippen molar-refractivity contribution in [1.82, 2.24) is 4.90 Å². The standard InChI is InChI=1S/C22H28FN3O3S/c1-3-4-5-22(27)24-20-16-18(26-14-12-25(2)13-15-26)8-11-21(20)30(28,29)19-9-6-17(23)7-10-19/h6-11,16H,3-5,12-15H2,1-2H3,(H,24,27). The normalized spacial score (nSPS) is 15.2.